The van der Waals surface area contributed by atoms with Gasteiger partial charge in [0.2, 0.25) is 0 Å². The molecule has 116 valence electrons. The first kappa shape index (κ1) is 16.2. The molecule has 5 nitrogen and oxygen atoms in total. The number of nitrogens with one attached hydrogen (secondary N) is 1. The Hall–Kier alpha value is -1.17. The molecule has 2 rings (SSSR count). The van der Waals surface area contributed by atoms with Crippen LogP contribution in [0.1, 0.15) is 25.3 Å². The third kappa shape index (κ3) is 4.66. The number of nitro groups is 1. The summed E-state index contributed by atoms with van der Waals surface area (Å²) in [4.78, 5) is 12.8. The Morgan fingerprint density at radius 2 is 2.14 bits per heavy atom. The summed E-state index contributed by atoms with van der Waals surface area (Å²) in [6, 6.07) is 5.08. The maximum Gasteiger partial charge on any atom is 0.288 e. The molecule has 1 aliphatic heterocycles. The van der Waals surface area contributed by atoms with Crippen LogP contribution in [0.5, 0.6) is 0 Å². The van der Waals surface area contributed by atoms with Crippen LogP contribution < -0.4 is 5.32 Å². The van der Waals surface area contributed by atoms with Gasteiger partial charge < -0.3 is 5.32 Å². The summed E-state index contributed by atoms with van der Waals surface area (Å²) in [7, 11) is 0. The van der Waals surface area contributed by atoms with Crippen LogP contribution in [0, 0.1) is 16.0 Å². The smallest absolute Gasteiger partial charge is 0.288 e. The van der Waals surface area contributed by atoms with E-state index in [0.717, 1.165) is 44.2 Å². The van der Waals surface area contributed by atoms with Gasteiger partial charge in [0.25, 0.3) is 5.69 Å². The standard InChI is InChI=1S/C15H22ClN3O2/c1-2-17-10-12-5-7-18(8-6-12)11-13-3-4-14(16)15(9-13)19(20)21/h3-4,9,12,17H,2,5-8,10-11H2,1H3. The van der Waals surface area contributed by atoms with E-state index in [1.165, 1.54) is 12.8 Å². The first-order valence-corrected chi connectivity index (χ1v) is 7.83. The number of nitrogens with zero attached hydrogens (tertiary/aromatic N) is 2. The number of benzene rings is 1. The number of rotatable bonds is 6. The highest BCUT2D eigenvalue weighted by Gasteiger charge is 2.20. The van der Waals surface area contributed by atoms with Gasteiger partial charge in [0, 0.05) is 12.6 Å². The third-order valence-corrected chi connectivity index (χ3v) is 4.32. The minimum atomic E-state index is -0.422. The van der Waals surface area contributed by atoms with E-state index in [0.29, 0.717) is 0 Å². The Bertz CT molecular complexity index is 488. The highest BCUT2D eigenvalue weighted by molar-refractivity contribution is 6.32. The second-order valence-corrected chi connectivity index (χ2v) is 5.98. The van der Waals surface area contributed by atoms with Crippen molar-refractivity contribution in [3.8, 4) is 0 Å². The number of likely N-dealkylation sites (tertiary alicyclic amines) is 1. The molecule has 1 aromatic carbocycles. The highest BCUT2D eigenvalue weighted by atomic mass is 35.5. The Morgan fingerprint density at radius 1 is 1.43 bits per heavy atom. The molecule has 0 unspecified atom stereocenters. The fraction of sp³-hybridized carbons (Fsp3) is 0.600. The summed E-state index contributed by atoms with van der Waals surface area (Å²) < 4.78 is 0. The van der Waals surface area contributed by atoms with Crippen LogP contribution in [0.15, 0.2) is 18.2 Å². The van der Waals surface area contributed by atoms with E-state index in [4.69, 9.17) is 11.6 Å². The molecule has 1 heterocycles. The maximum absolute atomic E-state index is 10.9. The third-order valence-electron chi connectivity index (χ3n) is 4.00. The van der Waals surface area contributed by atoms with Crippen molar-refractivity contribution in [2.75, 3.05) is 26.2 Å². The van der Waals surface area contributed by atoms with Crippen LogP contribution in [-0.2, 0) is 6.54 Å². The van der Waals surface area contributed by atoms with Gasteiger partial charge in [-0.2, -0.15) is 0 Å². The number of nitro benzene ring substituents is 1. The molecule has 1 aromatic rings. The van der Waals surface area contributed by atoms with E-state index < -0.39 is 4.92 Å². The first-order valence-electron chi connectivity index (χ1n) is 7.46. The lowest BCUT2D eigenvalue weighted by Crippen LogP contribution is -2.36. The molecule has 0 amide bonds. The van der Waals surface area contributed by atoms with Gasteiger partial charge >= 0.3 is 0 Å². The van der Waals surface area contributed by atoms with Crippen LogP contribution in [0.2, 0.25) is 5.02 Å². The largest absolute Gasteiger partial charge is 0.317 e. The molecule has 1 saturated heterocycles. The molecule has 1 N–H and O–H groups in total. The summed E-state index contributed by atoms with van der Waals surface area (Å²) in [5, 5.41) is 14.5. The molecular weight excluding hydrogens is 290 g/mol. The van der Waals surface area contributed by atoms with E-state index in [1.807, 2.05) is 6.07 Å². The van der Waals surface area contributed by atoms with Crippen molar-refractivity contribution in [2.45, 2.75) is 26.3 Å². The lowest BCUT2D eigenvalue weighted by molar-refractivity contribution is -0.384. The zero-order valence-corrected chi connectivity index (χ0v) is 13.1. The summed E-state index contributed by atoms with van der Waals surface area (Å²) in [6.07, 6.45) is 2.37. The molecule has 0 saturated carbocycles. The van der Waals surface area contributed by atoms with Crippen molar-refractivity contribution in [3.63, 3.8) is 0 Å². The molecule has 0 radical (unpaired) electrons. The molecular formula is C15H22ClN3O2. The Labute approximate surface area is 130 Å². The first-order chi connectivity index (χ1) is 10.1. The zero-order valence-electron chi connectivity index (χ0n) is 12.3. The van der Waals surface area contributed by atoms with Gasteiger partial charge in [-0.3, -0.25) is 15.0 Å². The molecule has 0 aromatic heterocycles. The molecule has 6 heteroatoms. The van der Waals surface area contributed by atoms with E-state index in [1.54, 1.807) is 12.1 Å². The summed E-state index contributed by atoms with van der Waals surface area (Å²) in [6.45, 7) is 7.10. The van der Waals surface area contributed by atoms with Gasteiger partial charge in [-0.05, 0) is 56.6 Å². The van der Waals surface area contributed by atoms with Crippen molar-refractivity contribution < 1.29 is 4.92 Å². The Balaban J connectivity index is 1.89. The lowest BCUT2D eigenvalue weighted by Gasteiger charge is -2.32. The van der Waals surface area contributed by atoms with Gasteiger partial charge in [-0.15, -0.1) is 0 Å². The van der Waals surface area contributed by atoms with E-state index >= 15 is 0 Å². The molecule has 0 bridgehead atoms. The van der Waals surface area contributed by atoms with Crippen LogP contribution in [0.4, 0.5) is 5.69 Å². The topological polar surface area (TPSA) is 58.4 Å². The molecule has 0 spiro atoms. The number of halogens is 1. The monoisotopic (exact) mass is 311 g/mol. The fourth-order valence-corrected chi connectivity index (χ4v) is 2.94. The molecule has 0 aliphatic carbocycles. The minimum absolute atomic E-state index is 0.00352. The van der Waals surface area contributed by atoms with Crippen molar-refractivity contribution >= 4 is 17.3 Å². The van der Waals surface area contributed by atoms with Gasteiger partial charge in [0.1, 0.15) is 5.02 Å². The average Bonchev–Trinajstić information content (AvgIpc) is 2.48. The van der Waals surface area contributed by atoms with Crippen LogP contribution >= 0.6 is 11.6 Å². The van der Waals surface area contributed by atoms with Gasteiger partial charge in [-0.1, -0.05) is 24.6 Å². The highest BCUT2D eigenvalue weighted by Crippen LogP contribution is 2.26. The van der Waals surface area contributed by atoms with Crippen molar-refractivity contribution in [1.82, 2.24) is 10.2 Å². The van der Waals surface area contributed by atoms with Gasteiger partial charge in [0.05, 0.1) is 4.92 Å². The predicted molar refractivity (Wildman–Crippen MR) is 84.7 cm³/mol. The summed E-state index contributed by atoms with van der Waals surface area (Å²) in [5.41, 5.74) is 0.951. The SMILES string of the molecule is CCNCC1CCN(Cc2ccc(Cl)c([N+](=O)[O-])c2)CC1. The Kier molecular flexibility index (Phi) is 5.96. The fourth-order valence-electron chi connectivity index (χ4n) is 2.75. The molecule has 1 fully saturated rings. The van der Waals surface area contributed by atoms with Crippen LogP contribution in [0.3, 0.4) is 0 Å². The zero-order chi connectivity index (χ0) is 15.2. The number of piperidine rings is 1. The molecule has 1 aliphatic rings. The average molecular weight is 312 g/mol. The van der Waals surface area contributed by atoms with E-state index in [-0.39, 0.29) is 10.7 Å². The normalized spacial score (nSPS) is 17.0. The second-order valence-electron chi connectivity index (χ2n) is 5.57. The van der Waals surface area contributed by atoms with Crippen LogP contribution in [0.25, 0.3) is 0 Å². The minimum Gasteiger partial charge on any atom is -0.317 e. The van der Waals surface area contributed by atoms with Crippen molar-refractivity contribution in [1.29, 1.82) is 0 Å². The summed E-state index contributed by atoms with van der Waals surface area (Å²) >= 11 is 5.84. The quantitative estimate of drug-likeness (QED) is 0.648. The van der Waals surface area contributed by atoms with E-state index in [9.17, 15) is 10.1 Å². The van der Waals surface area contributed by atoms with Crippen molar-refractivity contribution in [3.05, 3.63) is 38.9 Å². The van der Waals surface area contributed by atoms with Gasteiger partial charge in [0.15, 0.2) is 0 Å². The summed E-state index contributed by atoms with van der Waals surface area (Å²) in [5.74, 6) is 0.751. The number of hydrogen-bond donors (Lipinski definition) is 1. The second kappa shape index (κ2) is 7.73. The lowest BCUT2D eigenvalue weighted by atomic mass is 9.96. The van der Waals surface area contributed by atoms with Gasteiger partial charge in [-0.25, -0.2) is 0 Å². The van der Waals surface area contributed by atoms with E-state index in [2.05, 4.69) is 17.1 Å². The predicted octanol–water partition coefficient (Wildman–Crippen LogP) is 3.07. The molecule has 0 atom stereocenters. The van der Waals surface area contributed by atoms with Crippen molar-refractivity contribution in [2.24, 2.45) is 5.92 Å². The van der Waals surface area contributed by atoms with Crippen LogP contribution in [-0.4, -0.2) is 36.0 Å². The maximum atomic E-state index is 10.9. The molecule has 21 heavy (non-hydrogen) atoms. The Morgan fingerprint density at radius 3 is 2.76 bits per heavy atom. The number of hydrogen-bond acceptors (Lipinski definition) is 4.